The molecule has 0 radical (unpaired) electrons. The van der Waals surface area contributed by atoms with Crippen molar-refractivity contribution in [2.24, 2.45) is 7.05 Å². The molecule has 3 rings (SSSR count). The van der Waals surface area contributed by atoms with E-state index in [0.29, 0.717) is 16.0 Å². The Balaban J connectivity index is 2.37. The number of halogens is 1. The number of nitrogen functional groups attached to an aromatic ring is 1. The highest BCUT2D eigenvalue weighted by Gasteiger charge is 2.23. The average Bonchev–Trinajstić information content (AvgIpc) is 2.66. The number of hydrogen-bond donors (Lipinski definition) is 2. The second-order valence-electron chi connectivity index (χ2n) is 4.21. The Kier molecular flexibility index (Phi) is 2.91. The zero-order valence-electron chi connectivity index (χ0n) is 10.1. The van der Waals surface area contributed by atoms with Crippen molar-refractivity contribution in [3.63, 3.8) is 0 Å². The lowest BCUT2D eigenvalue weighted by molar-refractivity contribution is -0.629. The Morgan fingerprint density at radius 3 is 2.79 bits per heavy atom. The molecule has 0 bridgehead atoms. The summed E-state index contributed by atoms with van der Waals surface area (Å²) < 4.78 is 3.77. The first-order chi connectivity index (χ1) is 9.08. The second-order valence-corrected chi connectivity index (χ2v) is 6.04. The summed E-state index contributed by atoms with van der Waals surface area (Å²) in [6, 6.07) is 9.47. The Bertz CT molecular complexity index is 838. The van der Waals surface area contributed by atoms with Gasteiger partial charge in [0.1, 0.15) is 27.7 Å². The molecule has 0 aliphatic rings. The number of benzene rings is 1. The summed E-state index contributed by atoms with van der Waals surface area (Å²) in [4.78, 5) is 15.1. The summed E-state index contributed by atoms with van der Waals surface area (Å²) in [6.07, 6.45) is 0. The van der Waals surface area contributed by atoms with Gasteiger partial charge in [-0.2, -0.15) is 4.57 Å². The van der Waals surface area contributed by atoms with Crippen LogP contribution in [0.4, 0.5) is 5.82 Å². The maximum Gasteiger partial charge on any atom is 0.276 e. The minimum absolute atomic E-state index is 0.0923. The molecule has 3 aromatic rings. The molecular formula is C13H11BrN3OS+. The van der Waals surface area contributed by atoms with Gasteiger partial charge in [0.05, 0.1) is 0 Å². The molecule has 0 atom stereocenters. The molecule has 96 valence electrons. The summed E-state index contributed by atoms with van der Waals surface area (Å²) in [7, 11) is 1.95. The van der Waals surface area contributed by atoms with Gasteiger partial charge in [-0.3, -0.25) is 4.79 Å². The van der Waals surface area contributed by atoms with Crippen LogP contribution in [-0.2, 0) is 7.05 Å². The lowest BCUT2D eigenvalue weighted by Gasteiger charge is -2.00. The maximum atomic E-state index is 12.2. The standard InChI is InChI=1S/C13H10BrN3OS/c1-17-7-4-2-3-5-9(7)19-13(17)11-8(18)6-10(15)16-12(11)14/h2-6H,1H3,(H2,15,18)/p+1. The SMILES string of the molecule is C[n+]1c(-c2c(Br)[nH]c(N)cc2=O)sc2ccccc21. The van der Waals surface area contributed by atoms with Crippen LogP contribution in [0.5, 0.6) is 0 Å². The third-order valence-electron chi connectivity index (χ3n) is 2.96. The number of para-hydroxylation sites is 1. The van der Waals surface area contributed by atoms with Gasteiger partial charge in [0.15, 0.2) is 5.43 Å². The summed E-state index contributed by atoms with van der Waals surface area (Å²) in [5, 5.41) is 0.898. The van der Waals surface area contributed by atoms with E-state index in [4.69, 9.17) is 5.73 Å². The van der Waals surface area contributed by atoms with Crippen LogP contribution in [0, 0.1) is 0 Å². The van der Waals surface area contributed by atoms with Crippen molar-refractivity contribution in [3.05, 3.63) is 45.2 Å². The van der Waals surface area contributed by atoms with E-state index in [1.807, 2.05) is 35.9 Å². The molecule has 0 saturated heterocycles. The van der Waals surface area contributed by atoms with Crippen LogP contribution in [0.2, 0.25) is 0 Å². The molecule has 6 heteroatoms. The number of aromatic amines is 1. The number of fused-ring (bicyclic) bond motifs is 1. The maximum absolute atomic E-state index is 12.2. The van der Waals surface area contributed by atoms with Crippen LogP contribution in [0.15, 0.2) is 39.7 Å². The molecule has 0 unspecified atom stereocenters. The summed E-state index contributed by atoms with van der Waals surface area (Å²) >= 11 is 4.97. The van der Waals surface area contributed by atoms with Gasteiger partial charge in [0.2, 0.25) is 5.52 Å². The predicted octanol–water partition coefficient (Wildman–Crippen LogP) is 2.43. The summed E-state index contributed by atoms with van der Waals surface area (Å²) in [5.41, 5.74) is 7.25. The van der Waals surface area contributed by atoms with Gasteiger partial charge in [0, 0.05) is 12.1 Å². The quantitative estimate of drug-likeness (QED) is 0.529. The van der Waals surface area contributed by atoms with Crippen LogP contribution in [0.25, 0.3) is 20.8 Å². The van der Waals surface area contributed by atoms with Gasteiger partial charge in [-0.05, 0) is 22.0 Å². The van der Waals surface area contributed by atoms with E-state index in [0.717, 1.165) is 15.2 Å². The van der Waals surface area contributed by atoms with E-state index in [-0.39, 0.29) is 5.43 Å². The summed E-state index contributed by atoms with van der Waals surface area (Å²) in [5.74, 6) is 0.351. The lowest BCUT2D eigenvalue weighted by Crippen LogP contribution is -2.30. The number of nitrogens with one attached hydrogen (secondary N) is 1. The number of aromatic nitrogens is 2. The monoisotopic (exact) mass is 336 g/mol. The Hall–Kier alpha value is -1.66. The number of nitrogens with two attached hydrogens (primary N) is 1. The number of H-pyrrole nitrogens is 1. The van der Waals surface area contributed by atoms with Crippen LogP contribution in [0.1, 0.15) is 0 Å². The van der Waals surface area contributed by atoms with Gasteiger partial charge in [0.25, 0.3) is 5.01 Å². The number of rotatable bonds is 1. The highest BCUT2D eigenvalue weighted by atomic mass is 79.9. The Morgan fingerprint density at radius 1 is 1.37 bits per heavy atom. The molecule has 0 saturated carbocycles. The molecule has 19 heavy (non-hydrogen) atoms. The average molecular weight is 337 g/mol. The summed E-state index contributed by atoms with van der Waals surface area (Å²) in [6.45, 7) is 0. The van der Waals surface area contributed by atoms with Crippen molar-refractivity contribution in [1.29, 1.82) is 0 Å². The van der Waals surface area contributed by atoms with E-state index in [2.05, 4.69) is 20.9 Å². The first kappa shape index (κ1) is 12.4. The smallest absolute Gasteiger partial charge is 0.276 e. The first-order valence-corrected chi connectivity index (χ1v) is 7.25. The zero-order valence-corrected chi connectivity index (χ0v) is 12.5. The molecule has 0 aliphatic carbocycles. The van der Waals surface area contributed by atoms with E-state index < -0.39 is 0 Å². The number of nitrogens with zero attached hydrogens (tertiary/aromatic N) is 1. The fourth-order valence-corrected chi connectivity index (χ4v) is 4.02. The molecule has 2 heterocycles. The van der Waals surface area contributed by atoms with E-state index in [1.165, 1.54) is 6.07 Å². The number of thiazole rings is 1. The molecule has 0 fully saturated rings. The van der Waals surface area contributed by atoms with Crippen LogP contribution >= 0.6 is 27.3 Å². The number of anilines is 1. The van der Waals surface area contributed by atoms with Gasteiger partial charge in [-0.1, -0.05) is 23.5 Å². The minimum Gasteiger partial charge on any atom is -0.385 e. The van der Waals surface area contributed by atoms with Gasteiger partial charge >= 0.3 is 0 Å². The van der Waals surface area contributed by atoms with E-state index in [1.54, 1.807) is 11.3 Å². The fraction of sp³-hybridized carbons (Fsp3) is 0.0769. The van der Waals surface area contributed by atoms with Crippen molar-refractivity contribution in [1.82, 2.24) is 4.98 Å². The van der Waals surface area contributed by atoms with Gasteiger partial charge in [-0.15, -0.1) is 0 Å². The Labute approximate surface area is 121 Å². The van der Waals surface area contributed by atoms with Crippen LogP contribution < -0.4 is 15.7 Å². The highest BCUT2D eigenvalue weighted by molar-refractivity contribution is 9.10. The molecule has 3 N–H and O–H groups in total. The topological polar surface area (TPSA) is 62.8 Å². The highest BCUT2D eigenvalue weighted by Crippen LogP contribution is 2.30. The normalized spacial score (nSPS) is 11.1. The molecule has 4 nitrogen and oxygen atoms in total. The van der Waals surface area contributed by atoms with E-state index in [9.17, 15) is 4.79 Å². The van der Waals surface area contributed by atoms with Crippen molar-refractivity contribution in [3.8, 4) is 10.6 Å². The van der Waals surface area contributed by atoms with Crippen LogP contribution in [-0.4, -0.2) is 4.98 Å². The van der Waals surface area contributed by atoms with Gasteiger partial charge < -0.3 is 10.7 Å². The molecule has 0 spiro atoms. The first-order valence-electron chi connectivity index (χ1n) is 5.64. The molecular weight excluding hydrogens is 326 g/mol. The fourth-order valence-electron chi connectivity index (χ4n) is 2.07. The van der Waals surface area contributed by atoms with Crippen molar-refractivity contribution in [2.75, 3.05) is 5.73 Å². The molecule has 1 aromatic carbocycles. The minimum atomic E-state index is -0.0923. The van der Waals surface area contributed by atoms with E-state index >= 15 is 0 Å². The largest absolute Gasteiger partial charge is 0.385 e. The van der Waals surface area contributed by atoms with Crippen molar-refractivity contribution < 1.29 is 4.57 Å². The second kappa shape index (κ2) is 4.47. The number of aryl methyl sites for hydroxylation is 1. The molecule has 0 amide bonds. The molecule has 2 aromatic heterocycles. The Morgan fingerprint density at radius 2 is 2.11 bits per heavy atom. The lowest BCUT2D eigenvalue weighted by atomic mass is 10.2. The van der Waals surface area contributed by atoms with Gasteiger partial charge in [-0.25, -0.2) is 0 Å². The molecule has 0 aliphatic heterocycles. The number of hydrogen-bond acceptors (Lipinski definition) is 3. The van der Waals surface area contributed by atoms with Crippen molar-refractivity contribution >= 4 is 43.3 Å². The zero-order chi connectivity index (χ0) is 13.6. The third kappa shape index (κ3) is 1.97. The predicted molar refractivity (Wildman–Crippen MR) is 81.2 cm³/mol. The van der Waals surface area contributed by atoms with Crippen molar-refractivity contribution in [2.45, 2.75) is 0 Å². The number of pyridine rings is 1. The van der Waals surface area contributed by atoms with Crippen LogP contribution in [0.3, 0.4) is 0 Å². The third-order valence-corrected chi connectivity index (χ3v) is 4.79.